The molecule has 15 heavy (non-hydrogen) atoms. The molecule has 0 saturated carbocycles. The average Bonchev–Trinajstić information content (AvgIpc) is 2.20. The van der Waals surface area contributed by atoms with Crippen molar-refractivity contribution < 1.29 is 9.53 Å². The first-order valence-electron chi connectivity index (χ1n) is 5.59. The Morgan fingerprint density at radius 3 is 2.27 bits per heavy atom. The van der Waals surface area contributed by atoms with Gasteiger partial charge in [0.05, 0.1) is 6.61 Å². The van der Waals surface area contributed by atoms with Crippen LogP contribution >= 0.6 is 12.2 Å². The highest BCUT2D eigenvalue weighted by atomic mass is 32.1. The summed E-state index contributed by atoms with van der Waals surface area (Å²) in [4.78, 5) is 13.4. The molecule has 0 aliphatic rings. The van der Waals surface area contributed by atoms with Gasteiger partial charge in [0.1, 0.15) is 0 Å². The second kappa shape index (κ2) is 8.65. The third-order valence-corrected chi connectivity index (χ3v) is 2.51. The molecular weight excluding hydrogens is 210 g/mol. The number of hydrogen-bond acceptors (Lipinski definition) is 3. The van der Waals surface area contributed by atoms with Crippen molar-refractivity contribution in [1.82, 2.24) is 4.90 Å². The first-order chi connectivity index (χ1) is 7.15. The smallest absolute Gasteiger partial charge is 0.222 e. The predicted molar refractivity (Wildman–Crippen MR) is 66.0 cm³/mol. The number of nitrogens with zero attached hydrogens (tertiary/aromatic N) is 1. The van der Waals surface area contributed by atoms with Crippen LogP contribution in [-0.4, -0.2) is 35.6 Å². The van der Waals surface area contributed by atoms with Crippen LogP contribution in [0.1, 0.15) is 40.0 Å². The molecule has 0 spiro atoms. The van der Waals surface area contributed by atoms with Gasteiger partial charge in [-0.05, 0) is 39.4 Å². The zero-order chi connectivity index (χ0) is 11.7. The summed E-state index contributed by atoms with van der Waals surface area (Å²) in [6.07, 6.45) is 2.05. The van der Waals surface area contributed by atoms with Gasteiger partial charge in [-0.1, -0.05) is 0 Å². The molecule has 0 aromatic rings. The molecule has 3 nitrogen and oxygen atoms in total. The first-order valence-corrected chi connectivity index (χ1v) is 5.99. The number of carbonyl (C=O) groups excluding carboxylic acids is 1. The second-order valence-electron chi connectivity index (χ2n) is 3.22. The predicted octanol–water partition coefficient (Wildman–Crippen LogP) is 2.39. The van der Waals surface area contributed by atoms with E-state index in [9.17, 15) is 4.79 Å². The SMILES string of the molecule is CCOC(=S)CCCC(=O)N(CC)CC. The fraction of sp³-hybridized carbons (Fsp3) is 0.818. The fourth-order valence-corrected chi connectivity index (χ4v) is 1.61. The Hall–Kier alpha value is -0.640. The van der Waals surface area contributed by atoms with E-state index in [-0.39, 0.29) is 5.91 Å². The molecule has 0 heterocycles. The van der Waals surface area contributed by atoms with E-state index >= 15 is 0 Å². The molecule has 0 radical (unpaired) electrons. The van der Waals surface area contributed by atoms with E-state index in [1.807, 2.05) is 25.7 Å². The molecule has 88 valence electrons. The van der Waals surface area contributed by atoms with Gasteiger partial charge in [-0.25, -0.2) is 0 Å². The lowest BCUT2D eigenvalue weighted by Gasteiger charge is -2.18. The fourth-order valence-electron chi connectivity index (χ4n) is 1.35. The zero-order valence-corrected chi connectivity index (χ0v) is 10.7. The Balaban J connectivity index is 3.67. The minimum atomic E-state index is 0.208. The standard InChI is InChI=1S/C11H21NO2S/c1-4-12(5-2)10(13)8-7-9-11(15)14-6-3/h4-9H2,1-3H3. The number of thiocarbonyl (C=S) groups is 1. The lowest BCUT2D eigenvalue weighted by molar-refractivity contribution is -0.130. The van der Waals surface area contributed by atoms with E-state index in [2.05, 4.69) is 0 Å². The Morgan fingerprint density at radius 2 is 1.80 bits per heavy atom. The summed E-state index contributed by atoms with van der Waals surface area (Å²) in [5.41, 5.74) is 0. The molecule has 0 bridgehead atoms. The Bertz CT molecular complexity index is 203. The minimum absolute atomic E-state index is 0.208. The lowest BCUT2D eigenvalue weighted by atomic mass is 10.2. The molecule has 0 rings (SSSR count). The number of ether oxygens (including phenoxy) is 1. The van der Waals surface area contributed by atoms with Crippen LogP contribution in [0.5, 0.6) is 0 Å². The Labute approximate surface area is 97.8 Å². The summed E-state index contributed by atoms with van der Waals surface area (Å²) in [6.45, 7) is 8.07. The van der Waals surface area contributed by atoms with E-state index in [4.69, 9.17) is 17.0 Å². The van der Waals surface area contributed by atoms with Gasteiger partial charge >= 0.3 is 0 Å². The highest BCUT2D eigenvalue weighted by molar-refractivity contribution is 7.80. The largest absolute Gasteiger partial charge is 0.487 e. The molecule has 0 aliphatic carbocycles. The number of amides is 1. The van der Waals surface area contributed by atoms with Crippen molar-refractivity contribution in [1.29, 1.82) is 0 Å². The summed E-state index contributed by atoms with van der Waals surface area (Å²) in [5.74, 6) is 0.208. The maximum absolute atomic E-state index is 11.6. The highest BCUT2D eigenvalue weighted by Crippen LogP contribution is 2.03. The molecule has 0 saturated heterocycles. The van der Waals surface area contributed by atoms with Crippen molar-refractivity contribution in [3.63, 3.8) is 0 Å². The molecular formula is C11H21NO2S. The van der Waals surface area contributed by atoms with E-state index in [1.54, 1.807) is 0 Å². The summed E-state index contributed by atoms with van der Waals surface area (Å²) >= 11 is 4.98. The van der Waals surface area contributed by atoms with Gasteiger partial charge in [0.2, 0.25) is 5.91 Å². The van der Waals surface area contributed by atoms with Gasteiger partial charge in [-0.3, -0.25) is 4.79 Å². The summed E-state index contributed by atoms with van der Waals surface area (Å²) in [7, 11) is 0. The average molecular weight is 231 g/mol. The van der Waals surface area contributed by atoms with Gasteiger partial charge in [-0.2, -0.15) is 0 Å². The van der Waals surface area contributed by atoms with Gasteiger partial charge < -0.3 is 9.64 Å². The monoisotopic (exact) mass is 231 g/mol. The molecule has 0 unspecified atom stereocenters. The number of rotatable bonds is 7. The van der Waals surface area contributed by atoms with Crippen LogP contribution in [0.15, 0.2) is 0 Å². The van der Waals surface area contributed by atoms with Gasteiger partial charge in [0, 0.05) is 25.9 Å². The van der Waals surface area contributed by atoms with Crippen molar-refractivity contribution in [2.24, 2.45) is 0 Å². The van der Waals surface area contributed by atoms with Crippen molar-refractivity contribution in [2.75, 3.05) is 19.7 Å². The van der Waals surface area contributed by atoms with Crippen LogP contribution in [0.2, 0.25) is 0 Å². The molecule has 4 heteroatoms. The van der Waals surface area contributed by atoms with Crippen LogP contribution in [0.4, 0.5) is 0 Å². The molecule has 0 aromatic heterocycles. The maximum Gasteiger partial charge on any atom is 0.222 e. The van der Waals surface area contributed by atoms with Crippen molar-refractivity contribution >= 4 is 23.2 Å². The van der Waals surface area contributed by atoms with Crippen molar-refractivity contribution in [2.45, 2.75) is 40.0 Å². The van der Waals surface area contributed by atoms with E-state index in [0.29, 0.717) is 24.5 Å². The molecule has 0 N–H and O–H groups in total. The maximum atomic E-state index is 11.6. The Morgan fingerprint density at radius 1 is 1.20 bits per heavy atom. The first kappa shape index (κ1) is 14.4. The van der Waals surface area contributed by atoms with Gasteiger partial charge in [0.15, 0.2) is 5.05 Å². The van der Waals surface area contributed by atoms with E-state index < -0.39 is 0 Å². The van der Waals surface area contributed by atoms with Crippen molar-refractivity contribution in [3.8, 4) is 0 Å². The number of carbonyl (C=O) groups is 1. The van der Waals surface area contributed by atoms with Gasteiger partial charge in [0.25, 0.3) is 0 Å². The zero-order valence-electron chi connectivity index (χ0n) is 9.91. The second-order valence-corrected chi connectivity index (χ2v) is 3.68. The van der Waals surface area contributed by atoms with Crippen LogP contribution in [-0.2, 0) is 9.53 Å². The summed E-state index contributed by atoms with van der Waals surface area (Å²) < 4.78 is 5.14. The van der Waals surface area contributed by atoms with Crippen LogP contribution in [0.3, 0.4) is 0 Å². The third kappa shape index (κ3) is 6.44. The highest BCUT2D eigenvalue weighted by Gasteiger charge is 2.09. The molecule has 0 aromatic carbocycles. The summed E-state index contributed by atoms with van der Waals surface area (Å²) in [5, 5.41) is 0.616. The van der Waals surface area contributed by atoms with Crippen LogP contribution in [0, 0.1) is 0 Å². The quantitative estimate of drug-likeness (QED) is 0.630. The van der Waals surface area contributed by atoms with E-state index in [0.717, 1.165) is 19.5 Å². The Kier molecular flexibility index (Phi) is 8.28. The molecule has 0 aliphatic heterocycles. The van der Waals surface area contributed by atoms with Crippen molar-refractivity contribution in [3.05, 3.63) is 0 Å². The van der Waals surface area contributed by atoms with E-state index in [1.165, 1.54) is 0 Å². The molecule has 0 fully saturated rings. The number of hydrogen-bond donors (Lipinski definition) is 0. The normalized spacial score (nSPS) is 9.80. The van der Waals surface area contributed by atoms with Crippen LogP contribution < -0.4 is 0 Å². The molecule has 1 amide bonds. The lowest BCUT2D eigenvalue weighted by Crippen LogP contribution is -2.30. The topological polar surface area (TPSA) is 29.5 Å². The molecule has 0 atom stereocenters. The minimum Gasteiger partial charge on any atom is -0.487 e. The third-order valence-electron chi connectivity index (χ3n) is 2.19. The van der Waals surface area contributed by atoms with Gasteiger partial charge in [-0.15, -0.1) is 0 Å². The van der Waals surface area contributed by atoms with Crippen LogP contribution in [0.25, 0.3) is 0 Å². The summed E-state index contributed by atoms with van der Waals surface area (Å²) in [6, 6.07) is 0.